The fraction of sp³-hybridized carbons (Fsp3) is 0.647. The Morgan fingerprint density at radius 3 is 2.33 bits per heavy atom. The van der Waals surface area contributed by atoms with Crippen molar-refractivity contribution in [1.82, 2.24) is 0 Å². The van der Waals surface area contributed by atoms with Gasteiger partial charge in [0.25, 0.3) is 0 Å². The molecule has 0 saturated heterocycles. The zero-order valence-corrected chi connectivity index (χ0v) is 13.1. The fourth-order valence-electron chi connectivity index (χ4n) is 2.00. The summed E-state index contributed by atoms with van der Waals surface area (Å²) in [6.45, 7) is 6.83. The summed E-state index contributed by atoms with van der Waals surface area (Å²) in [6, 6.07) is 9.23. The normalized spacial score (nSPS) is 12.6. The van der Waals surface area contributed by atoms with Gasteiger partial charge in [0, 0.05) is 5.75 Å². The van der Waals surface area contributed by atoms with Crippen LogP contribution in [0.5, 0.6) is 0 Å². The van der Waals surface area contributed by atoms with E-state index in [4.69, 9.17) is 0 Å². The van der Waals surface area contributed by atoms with Gasteiger partial charge in [-0.05, 0) is 35.6 Å². The molecule has 1 aromatic carbocycles. The molecule has 0 N–H and O–H groups in total. The van der Waals surface area contributed by atoms with Gasteiger partial charge in [-0.3, -0.25) is 0 Å². The van der Waals surface area contributed by atoms with Crippen molar-refractivity contribution < 1.29 is 0 Å². The SMILES string of the molecule is CCCCCCSCc1ccc(C(C)CC)cc1. The summed E-state index contributed by atoms with van der Waals surface area (Å²) < 4.78 is 0. The number of thioether (sulfide) groups is 1. The van der Waals surface area contributed by atoms with Crippen LogP contribution in [0.4, 0.5) is 0 Å². The molecular formula is C17H28S. The zero-order chi connectivity index (χ0) is 13.2. The molecule has 1 heteroatoms. The highest BCUT2D eigenvalue weighted by atomic mass is 32.2. The lowest BCUT2D eigenvalue weighted by molar-refractivity contribution is 0.706. The highest BCUT2D eigenvalue weighted by Gasteiger charge is 2.02. The van der Waals surface area contributed by atoms with Crippen molar-refractivity contribution in [2.45, 2.75) is 64.5 Å². The first-order valence-electron chi connectivity index (χ1n) is 7.44. The lowest BCUT2D eigenvalue weighted by Crippen LogP contribution is -1.91. The predicted molar refractivity (Wildman–Crippen MR) is 85.5 cm³/mol. The van der Waals surface area contributed by atoms with Gasteiger partial charge < -0.3 is 0 Å². The lowest BCUT2D eigenvalue weighted by atomic mass is 9.98. The predicted octanol–water partition coefficient (Wildman–Crippen LogP) is 6.01. The lowest BCUT2D eigenvalue weighted by Gasteiger charge is -2.09. The van der Waals surface area contributed by atoms with Gasteiger partial charge in [-0.25, -0.2) is 0 Å². The summed E-state index contributed by atoms with van der Waals surface area (Å²) in [5, 5.41) is 0. The second-order valence-electron chi connectivity index (χ2n) is 5.16. The van der Waals surface area contributed by atoms with Crippen LogP contribution in [0.1, 0.15) is 69.9 Å². The molecule has 0 saturated carbocycles. The molecule has 0 aliphatic heterocycles. The highest BCUT2D eigenvalue weighted by Crippen LogP contribution is 2.21. The molecule has 1 unspecified atom stereocenters. The van der Waals surface area contributed by atoms with E-state index in [-0.39, 0.29) is 0 Å². The van der Waals surface area contributed by atoms with Gasteiger partial charge in [-0.1, -0.05) is 64.3 Å². The molecule has 18 heavy (non-hydrogen) atoms. The van der Waals surface area contributed by atoms with Crippen molar-refractivity contribution in [2.24, 2.45) is 0 Å². The minimum atomic E-state index is 0.695. The molecule has 1 atom stereocenters. The Morgan fingerprint density at radius 1 is 1.00 bits per heavy atom. The first-order valence-corrected chi connectivity index (χ1v) is 8.60. The molecule has 0 aliphatic carbocycles. The van der Waals surface area contributed by atoms with E-state index in [0.29, 0.717) is 5.92 Å². The summed E-state index contributed by atoms with van der Waals surface area (Å²) in [6.07, 6.45) is 6.73. The highest BCUT2D eigenvalue weighted by molar-refractivity contribution is 7.98. The van der Waals surface area contributed by atoms with Crippen molar-refractivity contribution in [3.8, 4) is 0 Å². The van der Waals surface area contributed by atoms with E-state index in [1.807, 2.05) is 0 Å². The van der Waals surface area contributed by atoms with Crippen molar-refractivity contribution in [3.63, 3.8) is 0 Å². The molecule has 0 aliphatic rings. The Kier molecular flexibility index (Phi) is 8.24. The second kappa shape index (κ2) is 9.49. The van der Waals surface area contributed by atoms with Gasteiger partial charge in [0.05, 0.1) is 0 Å². The van der Waals surface area contributed by atoms with Crippen LogP contribution in [0.2, 0.25) is 0 Å². The third kappa shape index (κ3) is 5.95. The van der Waals surface area contributed by atoms with Crippen LogP contribution in [0, 0.1) is 0 Å². The first-order chi connectivity index (χ1) is 8.77. The molecule has 1 aromatic rings. The van der Waals surface area contributed by atoms with Gasteiger partial charge in [0.15, 0.2) is 0 Å². The van der Waals surface area contributed by atoms with Gasteiger partial charge in [0.2, 0.25) is 0 Å². The van der Waals surface area contributed by atoms with Gasteiger partial charge in [0.1, 0.15) is 0 Å². The van der Waals surface area contributed by atoms with Crippen molar-refractivity contribution in [3.05, 3.63) is 35.4 Å². The molecule has 1 rings (SSSR count). The van der Waals surface area contributed by atoms with E-state index in [1.165, 1.54) is 54.7 Å². The Hall–Kier alpha value is -0.430. The van der Waals surface area contributed by atoms with Gasteiger partial charge >= 0.3 is 0 Å². The van der Waals surface area contributed by atoms with E-state index in [2.05, 4.69) is 56.8 Å². The number of unbranched alkanes of at least 4 members (excludes halogenated alkanes) is 3. The van der Waals surface area contributed by atoms with E-state index < -0.39 is 0 Å². The fourth-order valence-corrected chi connectivity index (χ4v) is 2.98. The number of benzene rings is 1. The molecule has 0 amide bonds. The molecule has 0 spiro atoms. The third-order valence-electron chi connectivity index (χ3n) is 3.57. The monoisotopic (exact) mass is 264 g/mol. The number of hydrogen-bond acceptors (Lipinski definition) is 1. The van der Waals surface area contributed by atoms with Gasteiger partial charge in [-0.2, -0.15) is 11.8 Å². The van der Waals surface area contributed by atoms with Crippen molar-refractivity contribution >= 4 is 11.8 Å². The molecule has 0 bridgehead atoms. The van der Waals surface area contributed by atoms with Crippen LogP contribution >= 0.6 is 11.8 Å². The Balaban J connectivity index is 2.22. The minimum absolute atomic E-state index is 0.695. The summed E-state index contributed by atoms with van der Waals surface area (Å²) in [4.78, 5) is 0. The maximum absolute atomic E-state index is 2.31. The second-order valence-corrected chi connectivity index (χ2v) is 6.27. The standard InChI is InChI=1S/C17H28S/c1-4-6-7-8-13-18-14-16-9-11-17(12-10-16)15(3)5-2/h9-12,15H,4-8,13-14H2,1-3H3. The van der Waals surface area contributed by atoms with Crippen molar-refractivity contribution in [1.29, 1.82) is 0 Å². The zero-order valence-electron chi connectivity index (χ0n) is 12.2. The molecule has 0 heterocycles. The topological polar surface area (TPSA) is 0 Å². The first kappa shape index (κ1) is 15.6. The van der Waals surface area contributed by atoms with E-state index in [9.17, 15) is 0 Å². The maximum atomic E-state index is 2.31. The van der Waals surface area contributed by atoms with Crippen LogP contribution in [0.25, 0.3) is 0 Å². The average molecular weight is 264 g/mol. The van der Waals surface area contributed by atoms with Gasteiger partial charge in [-0.15, -0.1) is 0 Å². The summed E-state index contributed by atoms with van der Waals surface area (Å²) >= 11 is 2.08. The van der Waals surface area contributed by atoms with E-state index >= 15 is 0 Å². The van der Waals surface area contributed by atoms with Crippen LogP contribution in [0.15, 0.2) is 24.3 Å². The van der Waals surface area contributed by atoms with Crippen LogP contribution in [0.3, 0.4) is 0 Å². The minimum Gasteiger partial charge on any atom is -0.157 e. The third-order valence-corrected chi connectivity index (χ3v) is 4.69. The quantitative estimate of drug-likeness (QED) is 0.492. The Morgan fingerprint density at radius 2 is 1.72 bits per heavy atom. The van der Waals surface area contributed by atoms with Crippen molar-refractivity contribution in [2.75, 3.05) is 5.75 Å². The Labute approximate surface area is 118 Å². The smallest absolute Gasteiger partial charge is 0.0184 e. The average Bonchev–Trinajstić information content (AvgIpc) is 2.42. The summed E-state index contributed by atoms with van der Waals surface area (Å²) in [5.41, 5.74) is 2.96. The Bertz CT molecular complexity index is 302. The van der Waals surface area contributed by atoms with Crippen LogP contribution in [-0.4, -0.2) is 5.75 Å². The van der Waals surface area contributed by atoms with Crippen LogP contribution in [-0.2, 0) is 5.75 Å². The summed E-state index contributed by atoms with van der Waals surface area (Å²) in [7, 11) is 0. The molecule has 0 nitrogen and oxygen atoms in total. The molecular weight excluding hydrogens is 236 g/mol. The molecule has 0 fully saturated rings. The maximum Gasteiger partial charge on any atom is 0.0184 e. The largest absolute Gasteiger partial charge is 0.157 e. The molecule has 0 aromatic heterocycles. The number of hydrogen-bond donors (Lipinski definition) is 0. The number of rotatable bonds is 9. The molecule has 102 valence electrons. The summed E-state index contributed by atoms with van der Waals surface area (Å²) in [5.74, 6) is 3.18. The van der Waals surface area contributed by atoms with E-state index in [0.717, 1.165) is 0 Å². The van der Waals surface area contributed by atoms with E-state index in [1.54, 1.807) is 0 Å². The van der Waals surface area contributed by atoms with Crippen LogP contribution < -0.4 is 0 Å². The molecule has 0 radical (unpaired) electrons.